The first-order valence-corrected chi connectivity index (χ1v) is 7.27. The molecule has 1 N–H and O–H groups in total. The summed E-state index contributed by atoms with van der Waals surface area (Å²) in [5.41, 5.74) is 2.36. The van der Waals surface area contributed by atoms with Crippen LogP contribution in [0.2, 0.25) is 0 Å². The van der Waals surface area contributed by atoms with Crippen molar-refractivity contribution in [3.8, 4) is 5.75 Å². The standard InChI is InChI=1S/C17H24O3/c1-4-7-10-20-16-13(8-5-2)11-15(17(18)19)12-14(16)9-6-3/h4,7,11-12H,5-6,8-10H2,1-3H3,(H,18,19)/b7-4+. The Kier molecular flexibility index (Phi) is 6.85. The average molecular weight is 276 g/mol. The van der Waals surface area contributed by atoms with Crippen molar-refractivity contribution >= 4 is 5.97 Å². The van der Waals surface area contributed by atoms with Gasteiger partial charge in [-0.15, -0.1) is 0 Å². The van der Waals surface area contributed by atoms with Crippen LogP contribution in [0.1, 0.15) is 55.1 Å². The molecule has 0 atom stereocenters. The maximum atomic E-state index is 11.2. The van der Waals surface area contributed by atoms with Crippen molar-refractivity contribution < 1.29 is 14.6 Å². The molecule has 3 heteroatoms. The molecule has 0 fully saturated rings. The van der Waals surface area contributed by atoms with E-state index in [-0.39, 0.29) is 0 Å². The van der Waals surface area contributed by atoms with Crippen molar-refractivity contribution in [1.82, 2.24) is 0 Å². The van der Waals surface area contributed by atoms with E-state index in [2.05, 4.69) is 13.8 Å². The van der Waals surface area contributed by atoms with E-state index in [1.165, 1.54) is 0 Å². The number of hydrogen-bond donors (Lipinski definition) is 1. The fourth-order valence-corrected chi connectivity index (χ4v) is 2.20. The lowest BCUT2D eigenvalue weighted by atomic mass is 9.98. The van der Waals surface area contributed by atoms with Gasteiger partial charge < -0.3 is 9.84 Å². The predicted octanol–water partition coefficient (Wildman–Crippen LogP) is 4.24. The highest BCUT2D eigenvalue weighted by Crippen LogP contribution is 2.29. The van der Waals surface area contributed by atoms with E-state index in [1.54, 1.807) is 12.1 Å². The highest BCUT2D eigenvalue weighted by atomic mass is 16.5. The van der Waals surface area contributed by atoms with Crippen molar-refractivity contribution in [2.75, 3.05) is 6.61 Å². The number of allylic oxidation sites excluding steroid dienone is 1. The first-order valence-electron chi connectivity index (χ1n) is 7.27. The van der Waals surface area contributed by atoms with Gasteiger partial charge in [0.25, 0.3) is 0 Å². The lowest BCUT2D eigenvalue weighted by Gasteiger charge is -2.16. The molecule has 0 aliphatic carbocycles. The molecule has 0 heterocycles. The van der Waals surface area contributed by atoms with Crippen LogP contribution in [0.4, 0.5) is 0 Å². The Bertz CT molecular complexity index is 448. The van der Waals surface area contributed by atoms with E-state index < -0.39 is 5.97 Å². The minimum absolute atomic E-state index is 0.357. The summed E-state index contributed by atoms with van der Waals surface area (Å²) in [6, 6.07) is 3.49. The number of aryl methyl sites for hydroxylation is 2. The quantitative estimate of drug-likeness (QED) is 0.722. The Morgan fingerprint density at radius 1 is 1.20 bits per heavy atom. The molecule has 1 aromatic carbocycles. The number of aromatic carboxylic acids is 1. The molecule has 1 aromatic rings. The molecule has 0 aromatic heterocycles. The van der Waals surface area contributed by atoms with Crippen molar-refractivity contribution in [3.05, 3.63) is 41.0 Å². The lowest BCUT2D eigenvalue weighted by molar-refractivity contribution is 0.0696. The normalized spacial score (nSPS) is 10.9. The summed E-state index contributed by atoms with van der Waals surface area (Å²) in [5, 5.41) is 9.22. The molecule has 0 amide bonds. The summed E-state index contributed by atoms with van der Waals surface area (Å²) in [5.74, 6) is -0.00323. The van der Waals surface area contributed by atoms with Crippen LogP contribution >= 0.6 is 0 Å². The number of carboxylic acids is 1. The third-order valence-electron chi connectivity index (χ3n) is 3.09. The van der Waals surface area contributed by atoms with E-state index >= 15 is 0 Å². The molecule has 1 rings (SSSR count). The Morgan fingerprint density at radius 2 is 1.75 bits per heavy atom. The molecule has 3 nitrogen and oxygen atoms in total. The third kappa shape index (κ3) is 4.41. The molecule has 0 radical (unpaired) electrons. The van der Waals surface area contributed by atoms with Crippen LogP contribution < -0.4 is 4.74 Å². The van der Waals surface area contributed by atoms with Gasteiger partial charge in [-0.2, -0.15) is 0 Å². The van der Waals surface area contributed by atoms with Crippen LogP contribution in [0.5, 0.6) is 5.75 Å². The molecule has 0 saturated heterocycles. The fourth-order valence-electron chi connectivity index (χ4n) is 2.20. The van der Waals surface area contributed by atoms with Crippen LogP contribution in [0.25, 0.3) is 0 Å². The molecule has 0 bridgehead atoms. The average Bonchev–Trinajstić information content (AvgIpc) is 2.41. The molecule has 0 unspecified atom stereocenters. The molecular formula is C17H24O3. The summed E-state index contributed by atoms with van der Waals surface area (Å²) < 4.78 is 5.87. The number of carboxylic acid groups (broad SMARTS) is 1. The van der Waals surface area contributed by atoms with Gasteiger partial charge in [0.1, 0.15) is 12.4 Å². The second-order valence-corrected chi connectivity index (χ2v) is 4.81. The van der Waals surface area contributed by atoms with Gasteiger partial charge >= 0.3 is 5.97 Å². The smallest absolute Gasteiger partial charge is 0.335 e. The van der Waals surface area contributed by atoms with Gasteiger partial charge in [-0.1, -0.05) is 38.8 Å². The molecular weight excluding hydrogens is 252 g/mol. The largest absolute Gasteiger partial charge is 0.489 e. The van der Waals surface area contributed by atoms with Gasteiger partial charge in [-0.3, -0.25) is 0 Å². The summed E-state index contributed by atoms with van der Waals surface area (Å²) in [4.78, 5) is 11.2. The van der Waals surface area contributed by atoms with Gasteiger partial charge in [0.2, 0.25) is 0 Å². The van der Waals surface area contributed by atoms with Gasteiger partial charge in [0.05, 0.1) is 5.56 Å². The van der Waals surface area contributed by atoms with Crippen molar-refractivity contribution in [1.29, 1.82) is 0 Å². The van der Waals surface area contributed by atoms with E-state index in [4.69, 9.17) is 4.74 Å². The zero-order chi connectivity index (χ0) is 15.0. The molecule has 0 aliphatic heterocycles. The minimum atomic E-state index is -0.875. The second kappa shape index (κ2) is 8.41. The second-order valence-electron chi connectivity index (χ2n) is 4.81. The number of carbonyl (C=O) groups is 1. The van der Waals surface area contributed by atoms with Crippen LogP contribution in [-0.2, 0) is 12.8 Å². The number of ether oxygens (including phenoxy) is 1. The monoisotopic (exact) mass is 276 g/mol. The molecule has 0 spiro atoms. The van der Waals surface area contributed by atoms with Gasteiger partial charge in [-0.05, 0) is 43.0 Å². The van der Waals surface area contributed by atoms with Crippen molar-refractivity contribution in [2.45, 2.75) is 46.5 Å². The van der Waals surface area contributed by atoms with E-state index in [1.807, 2.05) is 19.1 Å². The van der Waals surface area contributed by atoms with Gasteiger partial charge in [0, 0.05) is 0 Å². The van der Waals surface area contributed by atoms with Crippen molar-refractivity contribution in [2.24, 2.45) is 0 Å². The summed E-state index contributed by atoms with van der Waals surface area (Å²) in [7, 11) is 0. The lowest BCUT2D eigenvalue weighted by Crippen LogP contribution is -2.06. The molecule has 0 saturated carbocycles. The van der Waals surface area contributed by atoms with Gasteiger partial charge in [0.15, 0.2) is 0 Å². The van der Waals surface area contributed by atoms with E-state index in [0.29, 0.717) is 12.2 Å². The molecule has 110 valence electrons. The Balaban J connectivity index is 3.22. The topological polar surface area (TPSA) is 46.5 Å². The Labute approximate surface area is 121 Å². The zero-order valence-electron chi connectivity index (χ0n) is 12.6. The zero-order valence-corrected chi connectivity index (χ0v) is 12.6. The van der Waals surface area contributed by atoms with Crippen LogP contribution in [0.3, 0.4) is 0 Å². The molecule has 20 heavy (non-hydrogen) atoms. The number of rotatable bonds is 8. The fraction of sp³-hybridized carbons (Fsp3) is 0.471. The van der Waals surface area contributed by atoms with Crippen molar-refractivity contribution in [3.63, 3.8) is 0 Å². The first-order chi connectivity index (χ1) is 9.63. The molecule has 0 aliphatic rings. The third-order valence-corrected chi connectivity index (χ3v) is 3.09. The summed E-state index contributed by atoms with van der Waals surface area (Å²) in [6.45, 7) is 6.65. The van der Waals surface area contributed by atoms with E-state index in [0.717, 1.165) is 42.6 Å². The Morgan fingerprint density at radius 3 is 2.15 bits per heavy atom. The highest BCUT2D eigenvalue weighted by molar-refractivity contribution is 5.88. The Hall–Kier alpha value is -1.77. The SMILES string of the molecule is C/C=C/COc1c(CCC)cc(C(=O)O)cc1CCC. The maximum absolute atomic E-state index is 11.2. The van der Waals surface area contributed by atoms with Crippen LogP contribution in [-0.4, -0.2) is 17.7 Å². The number of benzene rings is 1. The first kappa shape index (κ1) is 16.3. The van der Waals surface area contributed by atoms with Crippen LogP contribution in [0, 0.1) is 0 Å². The number of hydrogen-bond acceptors (Lipinski definition) is 2. The minimum Gasteiger partial charge on any atom is -0.489 e. The van der Waals surface area contributed by atoms with Crippen LogP contribution in [0.15, 0.2) is 24.3 Å². The van der Waals surface area contributed by atoms with E-state index in [9.17, 15) is 9.90 Å². The maximum Gasteiger partial charge on any atom is 0.335 e. The van der Waals surface area contributed by atoms with Gasteiger partial charge in [-0.25, -0.2) is 4.79 Å². The summed E-state index contributed by atoms with van der Waals surface area (Å²) >= 11 is 0. The predicted molar refractivity (Wildman–Crippen MR) is 81.7 cm³/mol. The highest BCUT2D eigenvalue weighted by Gasteiger charge is 2.14. The summed E-state index contributed by atoms with van der Waals surface area (Å²) in [6.07, 6.45) is 7.51.